The van der Waals surface area contributed by atoms with Crippen LogP contribution < -0.4 is 0 Å². The zero-order valence-electron chi connectivity index (χ0n) is 21.8. The Morgan fingerprint density at radius 2 is 1.97 bits per heavy atom. The summed E-state index contributed by atoms with van der Waals surface area (Å²) in [6.45, 7) is 10.1. The van der Waals surface area contributed by atoms with Crippen molar-refractivity contribution in [3.63, 3.8) is 0 Å². The van der Waals surface area contributed by atoms with Gasteiger partial charge in [0.2, 0.25) is 0 Å². The predicted molar refractivity (Wildman–Crippen MR) is 133 cm³/mol. The quantitative estimate of drug-likeness (QED) is 0.473. The van der Waals surface area contributed by atoms with Crippen LogP contribution in [-0.4, -0.2) is 63.5 Å². The SMILES string of the molecule is CCOC(O)c1cc(F)c(-c2nc3cc(C)ccn3c2C[C@H]2CN(C(=O)OC(C)(C)C)CCO2)c(F)c1. The topological polar surface area (TPSA) is 85.5 Å². The van der Waals surface area contributed by atoms with Gasteiger partial charge >= 0.3 is 6.09 Å². The van der Waals surface area contributed by atoms with Crippen LogP contribution in [-0.2, 0) is 20.6 Å². The molecule has 8 nitrogen and oxygen atoms in total. The van der Waals surface area contributed by atoms with Crippen molar-refractivity contribution in [2.45, 2.75) is 59.0 Å². The van der Waals surface area contributed by atoms with E-state index in [9.17, 15) is 9.90 Å². The molecular weight excluding hydrogens is 484 g/mol. The fraction of sp³-hybridized carbons (Fsp3) is 0.481. The number of aryl methyl sites for hydroxylation is 1. The number of ether oxygens (including phenoxy) is 3. The van der Waals surface area contributed by atoms with Crippen molar-refractivity contribution in [2.24, 2.45) is 0 Å². The number of aliphatic hydroxyl groups excluding tert-OH is 1. The number of rotatable bonds is 6. The Labute approximate surface area is 214 Å². The number of amides is 1. The first kappa shape index (κ1) is 27.0. The molecule has 37 heavy (non-hydrogen) atoms. The lowest BCUT2D eigenvalue weighted by atomic mass is 10.0. The van der Waals surface area contributed by atoms with Crippen LogP contribution >= 0.6 is 0 Å². The molecule has 3 aromatic rings. The number of aromatic nitrogens is 2. The minimum atomic E-state index is -1.44. The molecule has 4 rings (SSSR count). The molecule has 1 aliphatic rings. The number of carbonyl (C=O) groups excluding carboxylic acids is 1. The van der Waals surface area contributed by atoms with Crippen molar-refractivity contribution in [1.29, 1.82) is 0 Å². The smallest absolute Gasteiger partial charge is 0.410 e. The van der Waals surface area contributed by atoms with Gasteiger partial charge in [0.15, 0.2) is 6.29 Å². The lowest BCUT2D eigenvalue weighted by Gasteiger charge is -2.34. The Bertz CT molecular complexity index is 1260. The van der Waals surface area contributed by atoms with Crippen molar-refractivity contribution < 1.29 is 32.9 Å². The van der Waals surface area contributed by atoms with Gasteiger partial charge in [0.05, 0.1) is 36.2 Å². The molecule has 1 fully saturated rings. The van der Waals surface area contributed by atoms with E-state index in [0.29, 0.717) is 24.5 Å². The Morgan fingerprint density at radius 1 is 1.27 bits per heavy atom. The lowest BCUT2D eigenvalue weighted by molar-refractivity contribution is -0.0982. The van der Waals surface area contributed by atoms with Crippen LogP contribution in [0.15, 0.2) is 30.5 Å². The van der Waals surface area contributed by atoms with E-state index in [1.54, 1.807) is 43.2 Å². The molecule has 1 aliphatic heterocycles. The largest absolute Gasteiger partial charge is 0.444 e. The summed E-state index contributed by atoms with van der Waals surface area (Å²) in [5.74, 6) is -1.73. The van der Waals surface area contributed by atoms with Crippen LogP contribution in [0.2, 0.25) is 0 Å². The zero-order chi connectivity index (χ0) is 26.9. The van der Waals surface area contributed by atoms with Gasteiger partial charge in [-0.25, -0.2) is 18.6 Å². The molecule has 0 radical (unpaired) electrons. The van der Waals surface area contributed by atoms with Crippen LogP contribution in [0.5, 0.6) is 0 Å². The minimum absolute atomic E-state index is 0.0228. The van der Waals surface area contributed by atoms with E-state index in [1.807, 2.05) is 19.1 Å². The van der Waals surface area contributed by atoms with Crippen molar-refractivity contribution in [3.05, 3.63) is 58.9 Å². The average Bonchev–Trinajstić information content (AvgIpc) is 3.14. The number of hydrogen-bond acceptors (Lipinski definition) is 6. The zero-order valence-corrected chi connectivity index (χ0v) is 21.8. The highest BCUT2D eigenvalue weighted by Crippen LogP contribution is 2.33. The van der Waals surface area contributed by atoms with Crippen molar-refractivity contribution in [3.8, 4) is 11.3 Å². The van der Waals surface area contributed by atoms with Gasteiger partial charge in [-0.2, -0.15) is 0 Å². The van der Waals surface area contributed by atoms with E-state index in [4.69, 9.17) is 14.2 Å². The average molecular weight is 518 g/mol. The molecule has 10 heteroatoms. The fourth-order valence-corrected chi connectivity index (χ4v) is 4.36. The van der Waals surface area contributed by atoms with Crippen LogP contribution in [0.1, 0.15) is 50.8 Å². The second-order valence-corrected chi connectivity index (χ2v) is 10.1. The van der Waals surface area contributed by atoms with E-state index in [0.717, 1.165) is 17.7 Å². The van der Waals surface area contributed by atoms with Crippen LogP contribution in [0.25, 0.3) is 16.9 Å². The third-order valence-electron chi connectivity index (χ3n) is 6.00. The summed E-state index contributed by atoms with van der Waals surface area (Å²) in [7, 11) is 0. The summed E-state index contributed by atoms with van der Waals surface area (Å²) >= 11 is 0. The summed E-state index contributed by atoms with van der Waals surface area (Å²) in [4.78, 5) is 18.8. The van der Waals surface area contributed by atoms with Gasteiger partial charge in [-0.05, 0) is 64.4 Å². The number of halogens is 2. The standard InChI is InChI=1S/C27H33F2N3O5/c1-6-35-25(33)17-12-19(28)23(20(29)13-17)24-21(32-8-7-16(2)11-22(32)30-24)14-18-15-31(9-10-36-18)26(34)37-27(3,4)5/h7-8,11-13,18,25,33H,6,9-10,14-15H2,1-5H3/t18-,25?/m0/s1. The van der Waals surface area contributed by atoms with Gasteiger partial charge in [-0.15, -0.1) is 0 Å². The Kier molecular flexibility index (Phi) is 7.82. The second-order valence-electron chi connectivity index (χ2n) is 10.1. The first-order valence-corrected chi connectivity index (χ1v) is 12.3. The maximum atomic E-state index is 15.3. The number of hydrogen-bond donors (Lipinski definition) is 1. The molecule has 1 aromatic carbocycles. The molecule has 1 amide bonds. The van der Waals surface area contributed by atoms with Gasteiger partial charge in [0.1, 0.15) is 22.9 Å². The third-order valence-corrected chi connectivity index (χ3v) is 6.00. The highest BCUT2D eigenvalue weighted by molar-refractivity contribution is 5.69. The van der Waals surface area contributed by atoms with E-state index >= 15 is 8.78 Å². The van der Waals surface area contributed by atoms with Crippen molar-refractivity contribution >= 4 is 11.7 Å². The molecule has 0 bridgehead atoms. The molecule has 1 unspecified atom stereocenters. The normalized spacial score (nSPS) is 17.3. The number of aliphatic hydroxyl groups is 1. The number of benzene rings is 1. The molecule has 2 aromatic heterocycles. The number of nitrogens with zero attached hydrogens (tertiary/aromatic N) is 3. The molecule has 1 saturated heterocycles. The first-order chi connectivity index (χ1) is 17.5. The molecule has 0 aliphatic carbocycles. The number of morpholine rings is 1. The Hall–Kier alpha value is -3.08. The maximum Gasteiger partial charge on any atom is 0.410 e. The highest BCUT2D eigenvalue weighted by atomic mass is 19.1. The van der Waals surface area contributed by atoms with Crippen molar-refractivity contribution in [2.75, 3.05) is 26.3 Å². The molecule has 3 heterocycles. The molecule has 1 N–H and O–H groups in total. The Balaban J connectivity index is 1.71. The summed E-state index contributed by atoms with van der Waals surface area (Å²) in [5.41, 5.74) is 1.19. The Morgan fingerprint density at radius 3 is 2.62 bits per heavy atom. The van der Waals surface area contributed by atoms with E-state index < -0.39 is 35.7 Å². The third kappa shape index (κ3) is 6.08. The minimum Gasteiger partial charge on any atom is -0.444 e. The number of imidazole rings is 1. The molecule has 200 valence electrons. The fourth-order valence-electron chi connectivity index (χ4n) is 4.36. The number of fused-ring (bicyclic) bond motifs is 1. The first-order valence-electron chi connectivity index (χ1n) is 12.3. The van der Waals surface area contributed by atoms with Crippen LogP contribution in [0.3, 0.4) is 0 Å². The summed E-state index contributed by atoms with van der Waals surface area (Å²) in [6.07, 6.45) is -0.267. The second kappa shape index (κ2) is 10.7. The predicted octanol–water partition coefficient (Wildman–Crippen LogP) is 4.79. The summed E-state index contributed by atoms with van der Waals surface area (Å²) in [5, 5.41) is 10.1. The molecule has 0 spiro atoms. The molecule has 2 atom stereocenters. The van der Waals surface area contributed by atoms with Crippen LogP contribution in [0, 0.1) is 18.6 Å². The number of pyridine rings is 1. The molecule has 0 saturated carbocycles. The van der Waals surface area contributed by atoms with Gasteiger partial charge in [0.25, 0.3) is 0 Å². The van der Waals surface area contributed by atoms with E-state index in [1.165, 1.54) is 0 Å². The van der Waals surface area contributed by atoms with E-state index in [2.05, 4.69) is 4.98 Å². The van der Waals surface area contributed by atoms with Gasteiger partial charge in [-0.1, -0.05) is 0 Å². The van der Waals surface area contributed by atoms with E-state index in [-0.39, 0.29) is 36.4 Å². The summed E-state index contributed by atoms with van der Waals surface area (Å²) in [6, 6.07) is 5.81. The monoisotopic (exact) mass is 517 g/mol. The molecular formula is C27H33F2N3O5. The lowest BCUT2D eigenvalue weighted by Crippen LogP contribution is -2.48. The van der Waals surface area contributed by atoms with Crippen LogP contribution in [0.4, 0.5) is 13.6 Å². The van der Waals surface area contributed by atoms with Gasteiger partial charge < -0.3 is 28.6 Å². The summed E-state index contributed by atoms with van der Waals surface area (Å²) < 4.78 is 49.0. The van der Waals surface area contributed by atoms with Gasteiger partial charge in [-0.3, -0.25) is 0 Å². The number of carbonyl (C=O) groups is 1. The highest BCUT2D eigenvalue weighted by Gasteiger charge is 2.31. The maximum absolute atomic E-state index is 15.3. The van der Waals surface area contributed by atoms with Gasteiger partial charge in [0, 0.05) is 31.3 Å². The van der Waals surface area contributed by atoms with Crippen molar-refractivity contribution in [1.82, 2.24) is 14.3 Å².